The van der Waals surface area contributed by atoms with E-state index in [4.69, 9.17) is 21.6 Å². The number of hydrogen-bond donors (Lipinski definition) is 0. The quantitative estimate of drug-likeness (QED) is 0.267. The van der Waals surface area contributed by atoms with E-state index >= 15 is 0 Å². The lowest BCUT2D eigenvalue weighted by Crippen LogP contribution is -2.47. The Bertz CT molecular complexity index is 1580. The molecule has 1 amide bonds. The van der Waals surface area contributed by atoms with Crippen molar-refractivity contribution in [3.05, 3.63) is 105 Å². The van der Waals surface area contributed by atoms with E-state index in [0.717, 1.165) is 32.7 Å². The van der Waals surface area contributed by atoms with Crippen molar-refractivity contribution in [2.24, 2.45) is 0 Å². The first-order chi connectivity index (χ1) is 18.6. The predicted octanol–water partition coefficient (Wildman–Crippen LogP) is 4.01. The monoisotopic (exact) mass is 543 g/mol. The van der Waals surface area contributed by atoms with Crippen molar-refractivity contribution in [3.8, 4) is 0 Å². The van der Waals surface area contributed by atoms with Gasteiger partial charge in [0.2, 0.25) is 0 Å². The van der Waals surface area contributed by atoms with E-state index in [0.29, 0.717) is 32.0 Å². The number of piperazine rings is 1. The molecule has 5 heterocycles. The van der Waals surface area contributed by atoms with Gasteiger partial charge < -0.3 is 9.32 Å². The lowest BCUT2D eigenvalue weighted by molar-refractivity contribution is -0.122. The standard InChI is InChI=1S/C28H25N5O3S2/c34-26-22(17-23-27(35)33(28(37)38-23)19-21-9-6-16-36-21)25(29-24-10-4-5-11-32(24)26)31-14-12-30(13-15-31)18-20-7-2-1-3-8-20/h1-11,16-17H,12-15,18-19H2/b23-17-. The van der Waals surface area contributed by atoms with Crippen molar-refractivity contribution < 1.29 is 9.21 Å². The van der Waals surface area contributed by atoms with Gasteiger partial charge in [-0.15, -0.1) is 0 Å². The molecule has 6 rings (SSSR count). The third kappa shape index (κ3) is 4.90. The first kappa shape index (κ1) is 24.6. The first-order valence-corrected chi connectivity index (χ1v) is 13.6. The lowest BCUT2D eigenvalue weighted by Gasteiger charge is -2.36. The normalized spacial score (nSPS) is 17.7. The first-order valence-electron chi connectivity index (χ1n) is 12.4. The molecule has 0 bridgehead atoms. The molecule has 10 heteroatoms. The molecule has 2 saturated heterocycles. The summed E-state index contributed by atoms with van der Waals surface area (Å²) in [5, 5.41) is 0. The highest BCUT2D eigenvalue weighted by Crippen LogP contribution is 2.34. The number of benzene rings is 1. The van der Waals surface area contributed by atoms with E-state index in [9.17, 15) is 9.59 Å². The summed E-state index contributed by atoms with van der Waals surface area (Å²) in [6.45, 7) is 4.27. The maximum absolute atomic E-state index is 13.7. The van der Waals surface area contributed by atoms with Crippen molar-refractivity contribution in [1.29, 1.82) is 0 Å². The number of furan rings is 1. The van der Waals surface area contributed by atoms with Crippen LogP contribution in [-0.2, 0) is 17.9 Å². The van der Waals surface area contributed by atoms with Gasteiger partial charge in [0.15, 0.2) is 0 Å². The molecular formula is C28H25N5O3S2. The maximum atomic E-state index is 13.7. The Hall–Kier alpha value is -3.73. The summed E-state index contributed by atoms with van der Waals surface area (Å²) in [4.78, 5) is 38.3. The molecule has 2 aliphatic rings. The lowest BCUT2D eigenvalue weighted by atomic mass is 10.2. The smallest absolute Gasteiger partial charge is 0.267 e. The van der Waals surface area contributed by atoms with Crippen LogP contribution in [0.1, 0.15) is 16.9 Å². The van der Waals surface area contributed by atoms with Gasteiger partial charge in [-0.25, -0.2) is 4.98 Å². The summed E-state index contributed by atoms with van der Waals surface area (Å²) in [5.74, 6) is 0.994. The minimum absolute atomic E-state index is 0.214. The Kier molecular flexibility index (Phi) is 6.84. The number of thiocarbonyl (C=S) groups is 1. The van der Waals surface area contributed by atoms with Crippen LogP contribution in [0.15, 0.2) is 87.2 Å². The van der Waals surface area contributed by atoms with Crippen LogP contribution in [0.5, 0.6) is 0 Å². The number of carbonyl (C=O) groups excluding carboxylic acids is 1. The van der Waals surface area contributed by atoms with Gasteiger partial charge in [0.05, 0.1) is 23.3 Å². The van der Waals surface area contributed by atoms with Crippen LogP contribution in [0, 0.1) is 0 Å². The zero-order valence-electron chi connectivity index (χ0n) is 20.5. The fourth-order valence-electron chi connectivity index (χ4n) is 4.74. The van der Waals surface area contributed by atoms with E-state index in [2.05, 4.69) is 34.1 Å². The molecule has 2 fully saturated rings. The summed E-state index contributed by atoms with van der Waals surface area (Å²) in [6.07, 6.45) is 4.92. The largest absolute Gasteiger partial charge is 0.467 e. The highest BCUT2D eigenvalue weighted by molar-refractivity contribution is 8.26. The number of nitrogens with zero attached hydrogens (tertiary/aromatic N) is 5. The highest BCUT2D eigenvalue weighted by Gasteiger charge is 2.33. The van der Waals surface area contributed by atoms with Crippen molar-refractivity contribution in [2.75, 3.05) is 31.1 Å². The van der Waals surface area contributed by atoms with Crippen molar-refractivity contribution >= 4 is 51.7 Å². The van der Waals surface area contributed by atoms with Gasteiger partial charge in [0.1, 0.15) is 21.5 Å². The van der Waals surface area contributed by atoms with Crippen LogP contribution in [0.25, 0.3) is 11.7 Å². The Labute approximate surface area is 229 Å². The van der Waals surface area contributed by atoms with Crippen molar-refractivity contribution in [3.63, 3.8) is 0 Å². The molecule has 2 aliphatic heterocycles. The fourth-order valence-corrected chi connectivity index (χ4v) is 5.98. The molecule has 0 atom stereocenters. The van der Waals surface area contributed by atoms with E-state index in [-0.39, 0.29) is 18.0 Å². The summed E-state index contributed by atoms with van der Waals surface area (Å²) in [5.41, 5.74) is 2.03. The number of hydrogen-bond acceptors (Lipinski definition) is 8. The molecule has 0 N–H and O–H groups in total. The van der Waals surface area contributed by atoms with Crippen LogP contribution in [0.4, 0.5) is 5.82 Å². The van der Waals surface area contributed by atoms with E-state index in [1.165, 1.54) is 26.6 Å². The molecule has 1 aromatic carbocycles. The number of fused-ring (bicyclic) bond motifs is 1. The summed E-state index contributed by atoms with van der Waals surface area (Å²) in [7, 11) is 0. The molecule has 0 aliphatic carbocycles. The molecule has 38 heavy (non-hydrogen) atoms. The number of rotatable bonds is 6. The topological polar surface area (TPSA) is 74.3 Å². The molecule has 0 spiro atoms. The maximum Gasteiger partial charge on any atom is 0.267 e. The predicted molar refractivity (Wildman–Crippen MR) is 153 cm³/mol. The number of aromatic nitrogens is 2. The van der Waals surface area contributed by atoms with E-state index in [1.54, 1.807) is 36.7 Å². The summed E-state index contributed by atoms with van der Waals surface area (Å²) < 4.78 is 7.35. The summed E-state index contributed by atoms with van der Waals surface area (Å²) in [6, 6.07) is 19.5. The number of anilines is 1. The Morgan fingerprint density at radius 3 is 2.50 bits per heavy atom. The van der Waals surface area contributed by atoms with Gasteiger partial charge in [-0.05, 0) is 35.9 Å². The SMILES string of the molecule is O=C1/C(=C/c2c(N3CCN(Cc4ccccc4)CC3)nc3ccccn3c2=O)SC(=S)N1Cc1ccco1. The molecule has 192 valence electrons. The van der Waals surface area contributed by atoms with Crippen LogP contribution < -0.4 is 10.5 Å². The van der Waals surface area contributed by atoms with Crippen LogP contribution >= 0.6 is 24.0 Å². The van der Waals surface area contributed by atoms with Crippen molar-refractivity contribution in [2.45, 2.75) is 13.1 Å². The molecule has 8 nitrogen and oxygen atoms in total. The number of amides is 1. The minimum atomic E-state index is -0.243. The average Bonchev–Trinajstić information content (AvgIpc) is 3.55. The summed E-state index contributed by atoms with van der Waals surface area (Å²) >= 11 is 6.68. The van der Waals surface area contributed by atoms with Gasteiger partial charge in [0.25, 0.3) is 11.5 Å². The van der Waals surface area contributed by atoms with Gasteiger partial charge >= 0.3 is 0 Å². The number of thioether (sulfide) groups is 1. The van der Waals surface area contributed by atoms with Crippen LogP contribution in [0.3, 0.4) is 0 Å². The van der Waals surface area contributed by atoms with Crippen LogP contribution in [0.2, 0.25) is 0 Å². The molecule has 0 radical (unpaired) electrons. The van der Waals surface area contributed by atoms with E-state index in [1.807, 2.05) is 18.2 Å². The third-order valence-electron chi connectivity index (χ3n) is 6.71. The second kappa shape index (κ2) is 10.6. The Morgan fingerprint density at radius 2 is 1.74 bits per heavy atom. The average molecular weight is 544 g/mol. The van der Waals surface area contributed by atoms with Crippen molar-refractivity contribution in [1.82, 2.24) is 19.2 Å². The highest BCUT2D eigenvalue weighted by atomic mass is 32.2. The Morgan fingerprint density at radius 1 is 0.947 bits per heavy atom. The van der Waals surface area contributed by atoms with Crippen LogP contribution in [-0.4, -0.2) is 55.6 Å². The van der Waals surface area contributed by atoms with Gasteiger partial charge in [-0.1, -0.05) is 60.4 Å². The zero-order valence-corrected chi connectivity index (χ0v) is 22.2. The minimum Gasteiger partial charge on any atom is -0.467 e. The number of pyridine rings is 1. The zero-order chi connectivity index (χ0) is 26.1. The van der Waals surface area contributed by atoms with Gasteiger partial charge in [0, 0.05) is 38.9 Å². The molecule has 0 unspecified atom stereocenters. The molecule has 4 aromatic rings. The molecular weight excluding hydrogens is 518 g/mol. The molecule has 0 saturated carbocycles. The second-order valence-corrected chi connectivity index (χ2v) is 10.9. The molecule has 3 aromatic heterocycles. The van der Waals surface area contributed by atoms with Gasteiger partial charge in [-0.3, -0.25) is 23.8 Å². The Balaban J connectivity index is 1.30. The third-order valence-corrected chi connectivity index (χ3v) is 8.09. The van der Waals surface area contributed by atoms with E-state index < -0.39 is 0 Å². The number of carbonyl (C=O) groups is 1. The van der Waals surface area contributed by atoms with Gasteiger partial charge in [-0.2, -0.15) is 0 Å². The fraction of sp³-hybridized carbons (Fsp3) is 0.214. The second-order valence-electron chi connectivity index (χ2n) is 9.18.